The van der Waals surface area contributed by atoms with Crippen molar-refractivity contribution in [3.63, 3.8) is 0 Å². The number of furan rings is 1. The summed E-state index contributed by atoms with van der Waals surface area (Å²) < 4.78 is 11.0. The molecule has 0 saturated heterocycles. The predicted molar refractivity (Wildman–Crippen MR) is 252 cm³/mol. The lowest BCUT2D eigenvalue weighted by molar-refractivity contribution is 0.669. The molecular formula is C56H34N4O. The van der Waals surface area contributed by atoms with Crippen LogP contribution in [-0.2, 0) is 0 Å². The van der Waals surface area contributed by atoms with Crippen molar-refractivity contribution >= 4 is 76.5 Å². The first-order valence-electron chi connectivity index (χ1n) is 20.7. The topological polar surface area (TPSA) is 48.8 Å². The molecule has 5 nitrogen and oxygen atoms in total. The number of aromatic nitrogens is 4. The van der Waals surface area contributed by atoms with E-state index < -0.39 is 0 Å². The lowest BCUT2D eigenvalue weighted by Gasteiger charge is -2.14. The Bertz CT molecular complexity index is 3820. The van der Waals surface area contributed by atoms with Gasteiger partial charge in [-0.05, 0) is 89.0 Å². The summed E-state index contributed by atoms with van der Waals surface area (Å²) in [4.78, 5) is 10.7. The molecule has 0 bridgehead atoms. The molecule has 0 saturated carbocycles. The maximum Gasteiger partial charge on any atom is 0.235 e. The standard InChI is InChI=1S/C56H34N4O/c1-3-15-35(16-4-1)38-31-39(36-17-5-2-6-18-36)33-40(32-38)59-47-24-12-8-21-44(47)53-49(59)29-30-50-54(53)45-22-9-13-25-48(45)60(50)56-57-46-23-11-7-20-43(46)55(58-56)37-27-28-42-41-19-10-14-26-51(41)61-52(42)34-37/h1-34H. The van der Waals surface area contributed by atoms with E-state index in [-0.39, 0.29) is 0 Å². The van der Waals surface area contributed by atoms with Gasteiger partial charge >= 0.3 is 0 Å². The number of benzene rings is 9. The van der Waals surface area contributed by atoms with Crippen LogP contribution in [0.25, 0.3) is 122 Å². The van der Waals surface area contributed by atoms with Gasteiger partial charge in [-0.3, -0.25) is 4.57 Å². The number of fused-ring (bicyclic) bond motifs is 11. The predicted octanol–water partition coefficient (Wildman–Crippen LogP) is 14.7. The van der Waals surface area contributed by atoms with E-state index in [4.69, 9.17) is 14.4 Å². The van der Waals surface area contributed by atoms with E-state index in [0.29, 0.717) is 5.95 Å². The molecule has 5 heteroatoms. The Kier molecular flexibility index (Phi) is 7.24. The van der Waals surface area contributed by atoms with E-state index in [9.17, 15) is 0 Å². The molecule has 284 valence electrons. The Morgan fingerprint density at radius 2 is 0.869 bits per heavy atom. The average Bonchev–Trinajstić information content (AvgIpc) is 3.99. The lowest BCUT2D eigenvalue weighted by Crippen LogP contribution is -2.03. The van der Waals surface area contributed by atoms with Gasteiger partial charge in [-0.1, -0.05) is 140 Å². The van der Waals surface area contributed by atoms with Crippen LogP contribution in [0.2, 0.25) is 0 Å². The van der Waals surface area contributed by atoms with E-state index in [2.05, 4.69) is 197 Å². The molecular weight excluding hydrogens is 745 g/mol. The summed E-state index contributed by atoms with van der Waals surface area (Å²) in [6.07, 6.45) is 0. The van der Waals surface area contributed by atoms with Gasteiger partial charge in [0.1, 0.15) is 11.2 Å². The van der Waals surface area contributed by atoms with Crippen LogP contribution in [0, 0.1) is 0 Å². The van der Waals surface area contributed by atoms with E-state index in [1.807, 2.05) is 18.2 Å². The van der Waals surface area contributed by atoms with Crippen LogP contribution in [-0.4, -0.2) is 19.1 Å². The van der Waals surface area contributed by atoms with Crippen molar-refractivity contribution in [2.75, 3.05) is 0 Å². The minimum absolute atomic E-state index is 0.621. The minimum atomic E-state index is 0.621. The van der Waals surface area contributed by atoms with Crippen molar-refractivity contribution in [3.8, 4) is 45.1 Å². The zero-order valence-corrected chi connectivity index (χ0v) is 32.8. The monoisotopic (exact) mass is 778 g/mol. The van der Waals surface area contributed by atoms with Gasteiger partial charge in [0, 0.05) is 49.0 Å². The first-order valence-corrected chi connectivity index (χ1v) is 20.7. The molecule has 0 unspecified atom stereocenters. The highest BCUT2D eigenvalue weighted by molar-refractivity contribution is 6.29. The van der Waals surface area contributed by atoms with Crippen molar-refractivity contribution < 1.29 is 4.42 Å². The number of para-hydroxylation sites is 4. The third kappa shape index (κ3) is 5.14. The Labute approximate surface area is 350 Å². The van der Waals surface area contributed by atoms with E-state index >= 15 is 0 Å². The van der Waals surface area contributed by atoms with E-state index in [1.165, 1.54) is 38.4 Å². The molecule has 0 aliphatic carbocycles. The zero-order valence-electron chi connectivity index (χ0n) is 32.8. The van der Waals surface area contributed by atoms with Crippen LogP contribution in [0.1, 0.15) is 0 Å². The molecule has 13 aromatic rings. The molecule has 0 atom stereocenters. The maximum absolute atomic E-state index is 6.36. The second-order valence-corrected chi connectivity index (χ2v) is 15.8. The second kappa shape index (κ2) is 13.1. The fraction of sp³-hybridized carbons (Fsp3) is 0. The van der Waals surface area contributed by atoms with Crippen LogP contribution in [0.15, 0.2) is 211 Å². The van der Waals surface area contributed by atoms with Gasteiger partial charge < -0.3 is 8.98 Å². The Morgan fingerprint density at radius 1 is 0.328 bits per heavy atom. The van der Waals surface area contributed by atoms with Gasteiger partial charge in [0.2, 0.25) is 5.95 Å². The van der Waals surface area contributed by atoms with Crippen LogP contribution in [0.5, 0.6) is 0 Å². The SMILES string of the molecule is c1ccc(-c2cc(-c3ccccc3)cc(-n3c4ccccc4c4c5c6ccccc6n(-c6nc(-c7ccc8c(c7)oc7ccccc78)c7ccccc7n6)c5ccc43)c2)cc1. The van der Waals surface area contributed by atoms with Gasteiger partial charge in [0.25, 0.3) is 0 Å². The first kappa shape index (κ1) is 33.7. The summed E-state index contributed by atoms with van der Waals surface area (Å²) in [5.74, 6) is 0.621. The molecule has 0 fully saturated rings. The van der Waals surface area contributed by atoms with Gasteiger partial charge in [-0.25, -0.2) is 9.97 Å². The summed E-state index contributed by atoms with van der Waals surface area (Å²) in [6, 6.07) is 73.2. The summed E-state index contributed by atoms with van der Waals surface area (Å²) >= 11 is 0. The van der Waals surface area contributed by atoms with E-state index in [1.54, 1.807) is 0 Å². The third-order valence-electron chi connectivity index (χ3n) is 12.3. The van der Waals surface area contributed by atoms with Crippen molar-refractivity contribution in [2.24, 2.45) is 0 Å². The van der Waals surface area contributed by atoms with Crippen molar-refractivity contribution in [3.05, 3.63) is 206 Å². The largest absolute Gasteiger partial charge is 0.456 e. The highest BCUT2D eigenvalue weighted by atomic mass is 16.3. The molecule has 4 aromatic heterocycles. The molecule has 61 heavy (non-hydrogen) atoms. The summed E-state index contributed by atoms with van der Waals surface area (Å²) in [6.45, 7) is 0. The minimum Gasteiger partial charge on any atom is -0.456 e. The molecule has 0 radical (unpaired) electrons. The quantitative estimate of drug-likeness (QED) is 0.175. The fourth-order valence-corrected chi connectivity index (χ4v) is 9.60. The number of hydrogen-bond acceptors (Lipinski definition) is 3. The fourth-order valence-electron chi connectivity index (χ4n) is 9.60. The number of hydrogen-bond donors (Lipinski definition) is 0. The highest BCUT2D eigenvalue weighted by Gasteiger charge is 2.23. The molecule has 0 N–H and O–H groups in total. The Morgan fingerprint density at radius 3 is 1.56 bits per heavy atom. The van der Waals surface area contributed by atoms with Gasteiger partial charge in [0.05, 0.1) is 33.3 Å². The van der Waals surface area contributed by atoms with Crippen LogP contribution in [0.4, 0.5) is 0 Å². The lowest BCUT2D eigenvalue weighted by atomic mass is 9.98. The van der Waals surface area contributed by atoms with Gasteiger partial charge in [0.15, 0.2) is 0 Å². The molecule has 0 spiro atoms. The third-order valence-corrected chi connectivity index (χ3v) is 12.3. The van der Waals surface area contributed by atoms with E-state index in [0.717, 1.165) is 77.2 Å². The molecule has 0 aliphatic heterocycles. The molecule has 13 rings (SSSR count). The van der Waals surface area contributed by atoms with Gasteiger partial charge in [-0.2, -0.15) is 0 Å². The summed E-state index contributed by atoms with van der Waals surface area (Å²) in [5, 5.41) is 7.90. The number of nitrogens with zero attached hydrogens (tertiary/aromatic N) is 4. The molecule has 0 amide bonds. The van der Waals surface area contributed by atoms with Crippen LogP contribution in [0.3, 0.4) is 0 Å². The second-order valence-electron chi connectivity index (χ2n) is 15.8. The normalized spacial score (nSPS) is 11.9. The molecule has 0 aliphatic rings. The van der Waals surface area contributed by atoms with Gasteiger partial charge in [-0.15, -0.1) is 0 Å². The number of rotatable bonds is 5. The first-order chi connectivity index (χ1) is 30.2. The Hall–Kier alpha value is -8.28. The van der Waals surface area contributed by atoms with Crippen molar-refractivity contribution in [1.29, 1.82) is 0 Å². The summed E-state index contributed by atoms with van der Waals surface area (Å²) in [5.41, 5.74) is 14.6. The van der Waals surface area contributed by atoms with Crippen LogP contribution < -0.4 is 0 Å². The van der Waals surface area contributed by atoms with Crippen molar-refractivity contribution in [1.82, 2.24) is 19.1 Å². The Balaban J connectivity index is 1.08. The van der Waals surface area contributed by atoms with Crippen molar-refractivity contribution in [2.45, 2.75) is 0 Å². The van der Waals surface area contributed by atoms with Crippen LogP contribution >= 0.6 is 0 Å². The zero-order chi connectivity index (χ0) is 40.0. The summed E-state index contributed by atoms with van der Waals surface area (Å²) in [7, 11) is 0. The maximum atomic E-state index is 6.36. The highest BCUT2D eigenvalue weighted by Crippen LogP contribution is 2.44. The average molecular weight is 779 g/mol. The molecule has 9 aromatic carbocycles. The smallest absolute Gasteiger partial charge is 0.235 e. The molecule has 4 heterocycles.